The molecule has 2 rings (SSSR count). The van der Waals surface area contributed by atoms with Crippen molar-refractivity contribution in [2.45, 2.75) is 51.2 Å². The number of H-pyrrole nitrogens is 1. The zero-order chi connectivity index (χ0) is 17.1. The Balaban J connectivity index is 2.09. The molecule has 0 saturated carbocycles. The van der Waals surface area contributed by atoms with E-state index in [1.54, 1.807) is 13.8 Å². The van der Waals surface area contributed by atoms with E-state index in [9.17, 15) is 24.6 Å². The monoisotopic (exact) mass is 327 g/mol. The fourth-order valence-corrected chi connectivity index (χ4v) is 2.45. The highest BCUT2D eigenvalue weighted by atomic mass is 16.5. The molecule has 2 heterocycles. The highest BCUT2D eigenvalue weighted by Gasteiger charge is 2.39. The Hall–Kier alpha value is -1.97. The van der Waals surface area contributed by atoms with E-state index in [1.165, 1.54) is 10.8 Å². The summed E-state index contributed by atoms with van der Waals surface area (Å²) in [4.78, 5) is 36.6. The molecule has 0 aromatic carbocycles. The number of aliphatic hydroxyl groups excluding tert-OH is 2. The molecule has 128 valence electrons. The second kappa shape index (κ2) is 7.07. The third kappa shape index (κ3) is 3.87. The van der Waals surface area contributed by atoms with Gasteiger partial charge in [0.2, 0.25) is 5.91 Å². The number of aromatic amines is 1. The van der Waals surface area contributed by atoms with Gasteiger partial charge in [-0.1, -0.05) is 6.92 Å². The summed E-state index contributed by atoms with van der Waals surface area (Å²) in [6.07, 6.45) is -2.10. The summed E-state index contributed by atoms with van der Waals surface area (Å²) in [6.45, 7) is 3.18. The fraction of sp³-hybridized carbons (Fsp3) is 0.643. The van der Waals surface area contributed by atoms with Gasteiger partial charge in [0.1, 0.15) is 18.4 Å². The number of aryl methyl sites for hydroxylation is 1. The first-order chi connectivity index (χ1) is 10.8. The Kier molecular flexibility index (Phi) is 5.34. The van der Waals surface area contributed by atoms with Crippen molar-refractivity contribution < 1.29 is 19.7 Å². The van der Waals surface area contributed by atoms with E-state index in [1.807, 2.05) is 0 Å². The minimum atomic E-state index is -1.11. The summed E-state index contributed by atoms with van der Waals surface area (Å²) in [5.41, 5.74) is -0.794. The van der Waals surface area contributed by atoms with Crippen molar-refractivity contribution >= 4 is 5.91 Å². The molecule has 1 fully saturated rings. The molecule has 1 aromatic rings. The van der Waals surface area contributed by atoms with Gasteiger partial charge >= 0.3 is 5.69 Å². The molecule has 1 aromatic heterocycles. The maximum absolute atomic E-state index is 11.8. The minimum Gasteiger partial charge on any atom is -0.390 e. The number of carbonyl (C=O) groups excluding carboxylic acids is 1. The average Bonchev–Trinajstić information content (AvgIpc) is 2.89. The van der Waals surface area contributed by atoms with Crippen molar-refractivity contribution in [2.75, 3.05) is 6.54 Å². The minimum absolute atomic E-state index is 0.0549. The molecule has 9 nitrogen and oxygen atoms in total. The number of aromatic nitrogens is 2. The van der Waals surface area contributed by atoms with Gasteiger partial charge in [-0.25, -0.2) is 4.79 Å². The van der Waals surface area contributed by atoms with E-state index < -0.39 is 35.8 Å². The van der Waals surface area contributed by atoms with Gasteiger partial charge in [-0.15, -0.1) is 0 Å². The predicted octanol–water partition coefficient (Wildman–Crippen LogP) is -1.62. The number of carbonyl (C=O) groups is 1. The van der Waals surface area contributed by atoms with E-state index in [4.69, 9.17) is 4.74 Å². The summed E-state index contributed by atoms with van der Waals surface area (Å²) in [7, 11) is 0. The zero-order valence-corrected chi connectivity index (χ0v) is 13.0. The SMILES string of the molecule is CCC(=O)NCC(O)[C@H]1O[C@@H](n2cc(C)c(=O)[nH]c2=O)C[C@@H]1O. The van der Waals surface area contributed by atoms with Crippen LogP contribution < -0.4 is 16.6 Å². The summed E-state index contributed by atoms with van der Waals surface area (Å²) >= 11 is 0. The Bertz CT molecular complexity index is 682. The summed E-state index contributed by atoms with van der Waals surface area (Å²) in [5.74, 6) is -0.222. The van der Waals surface area contributed by atoms with Gasteiger partial charge in [-0.3, -0.25) is 19.1 Å². The van der Waals surface area contributed by atoms with Crippen LogP contribution >= 0.6 is 0 Å². The first-order valence-corrected chi connectivity index (χ1v) is 7.43. The van der Waals surface area contributed by atoms with Crippen molar-refractivity contribution in [1.29, 1.82) is 0 Å². The number of nitrogens with zero attached hydrogens (tertiary/aromatic N) is 1. The van der Waals surface area contributed by atoms with Gasteiger partial charge in [-0.05, 0) is 6.92 Å². The lowest BCUT2D eigenvalue weighted by Gasteiger charge is -2.21. The normalized spacial score (nSPS) is 25.3. The number of ether oxygens (including phenoxy) is 1. The summed E-state index contributed by atoms with van der Waals surface area (Å²) in [5, 5.41) is 22.6. The highest BCUT2D eigenvalue weighted by molar-refractivity contribution is 5.75. The van der Waals surface area contributed by atoms with Crippen LogP contribution in [-0.2, 0) is 9.53 Å². The van der Waals surface area contributed by atoms with Gasteiger partial charge in [0.15, 0.2) is 0 Å². The van der Waals surface area contributed by atoms with Crippen LogP contribution in [0.4, 0.5) is 0 Å². The summed E-state index contributed by atoms with van der Waals surface area (Å²) < 4.78 is 6.73. The molecule has 1 saturated heterocycles. The zero-order valence-electron chi connectivity index (χ0n) is 13.0. The molecule has 23 heavy (non-hydrogen) atoms. The van der Waals surface area contributed by atoms with Crippen LogP contribution in [0.3, 0.4) is 0 Å². The van der Waals surface area contributed by atoms with Gasteiger partial charge in [0, 0.05) is 31.1 Å². The van der Waals surface area contributed by atoms with Gasteiger partial charge in [-0.2, -0.15) is 0 Å². The molecule has 1 unspecified atom stereocenters. The molecule has 1 aliphatic heterocycles. The molecule has 4 atom stereocenters. The van der Waals surface area contributed by atoms with Crippen LogP contribution in [0.5, 0.6) is 0 Å². The molecule has 0 aliphatic carbocycles. The van der Waals surface area contributed by atoms with E-state index in [0.29, 0.717) is 5.56 Å². The third-order valence-corrected chi connectivity index (χ3v) is 3.80. The third-order valence-electron chi connectivity index (χ3n) is 3.80. The Morgan fingerprint density at radius 3 is 2.91 bits per heavy atom. The quantitative estimate of drug-likeness (QED) is 0.514. The summed E-state index contributed by atoms with van der Waals surface area (Å²) in [6, 6.07) is 0. The average molecular weight is 327 g/mol. The molecular formula is C14H21N3O6. The fourth-order valence-electron chi connectivity index (χ4n) is 2.45. The van der Waals surface area contributed by atoms with Crippen molar-refractivity contribution in [2.24, 2.45) is 0 Å². The van der Waals surface area contributed by atoms with Gasteiger partial charge in [0.25, 0.3) is 5.56 Å². The lowest BCUT2D eigenvalue weighted by molar-refractivity contribution is -0.122. The van der Waals surface area contributed by atoms with Crippen molar-refractivity contribution in [3.8, 4) is 0 Å². The standard InChI is InChI=1S/C14H21N3O6/c1-3-10(20)15-5-9(19)12-8(18)4-11(23-12)17-6-7(2)13(21)16-14(17)22/h6,8-9,11-12,18-19H,3-5H2,1-2H3,(H,15,20)(H,16,21,22)/t8-,9?,11+,12-/m0/s1. The Labute approximate surface area is 131 Å². The van der Waals surface area contributed by atoms with Gasteiger partial charge < -0.3 is 20.3 Å². The first-order valence-electron chi connectivity index (χ1n) is 7.43. The molecule has 4 N–H and O–H groups in total. The maximum Gasteiger partial charge on any atom is 0.330 e. The van der Waals surface area contributed by atoms with E-state index in [2.05, 4.69) is 10.3 Å². The van der Waals surface area contributed by atoms with Crippen molar-refractivity contribution in [1.82, 2.24) is 14.9 Å². The van der Waals surface area contributed by atoms with Crippen LogP contribution in [0.25, 0.3) is 0 Å². The molecule has 0 bridgehead atoms. The number of nitrogens with one attached hydrogen (secondary N) is 2. The number of rotatable bonds is 5. The Morgan fingerprint density at radius 1 is 1.57 bits per heavy atom. The van der Waals surface area contributed by atoms with Crippen molar-refractivity contribution in [3.05, 3.63) is 32.6 Å². The second-order valence-electron chi connectivity index (χ2n) is 5.56. The van der Waals surface area contributed by atoms with Crippen LogP contribution in [0.15, 0.2) is 15.8 Å². The largest absolute Gasteiger partial charge is 0.390 e. The van der Waals surface area contributed by atoms with Gasteiger partial charge in [0.05, 0.1) is 6.10 Å². The number of hydrogen-bond donors (Lipinski definition) is 4. The molecule has 1 amide bonds. The number of aliphatic hydroxyl groups is 2. The molecule has 9 heteroatoms. The number of amides is 1. The van der Waals surface area contributed by atoms with E-state index in [-0.39, 0.29) is 25.3 Å². The predicted molar refractivity (Wildman–Crippen MR) is 79.9 cm³/mol. The van der Waals surface area contributed by atoms with Crippen LogP contribution in [0.1, 0.15) is 31.6 Å². The smallest absolute Gasteiger partial charge is 0.330 e. The van der Waals surface area contributed by atoms with Crippen LogP contribution in [0.2, 0.25) is 0 Å². The first kappa shape index (κ1) is 17.4. The molecule has 1 aliphatic rings. The topological polar surface area (TPSA) is 134 Å². The van der Waals surface area contributed by atoms with E-state index in [0.717, 1.165) is 0 Å². The lowest BCUT2D eigenvalue weighted by Crippen LogP contribution is -2.43. The van der Waals surface area contributed by atoms with Crippen LogP contribution in [0, 0.1) is 6.92 Å². The maximum atomic E-state index is 11.8. The second-order valence-corrected chi connectivity index (χ2v) is 5.56. The molecular weight excluding hydrogens is 306 g/mol. The molecule has 0 spiro atoms. The molecule has 0 radical (unpaired) electrons. The highest BCUT2D eigenvalue weighted by Crippen LogP contribution is 2.29. The Morgan fingerprint density at radius 2 is 2.26 bits per heavy atom. The lowest BCUT2D eigenvalue weighted by atomic mass is 10.1. The van der Waals surface area contributed by atoms with Crippen LogP contribution in [-0.4, -0.2) is 50.5 Å². The number of hydrogen-bond acceptors (Lipinski definition) is 6. The van der Waals surface area contributed by atoms with Crippen molar-refractivity contribution in [3.63, 3.8) is 0 Å². The van der Waals surface area contributed by atoms with E-state index >= 15 is 0 Å².